The molecule has 25 heavy (non-hydrogen) atoms. The molecule has 3 rings (SSSR count). The lowest BCUT2D eigenvalue weighted by Gasteiger charge is -2.33. The van der Waals surface area contributed by atoms with E-state index in [1.54, 1.807) is 0 Å². The number of hydrogen-bond acceptors (Lipinski definition) is 3. The fourth-order valence-electron chi connectivity index (χ4n) is 3.70. The number of hydrogen-bond donors (Lipinski definition) is 0. The number of likely N-dealkylation sites (N-methyl/N-ethyl adjacent to an activating group) is 1. The monoisotopic (exact) mass is 340 g/mol. The predicted molar refractivity (Wildman–Crippen MR) is 101 cm³/mol. The lowest BCUT2D eigenvalue weighted by molar-refractivity contribution is -0.120. The van der Waals surface area contributed by atoms with E-state index in [4.69, 9.17) is 0 Å². The molecule has 0 spiro atoms. The van der Waals surface area contributed by atoms with Crippen molar-refractivity contribution < 1.29 is 4.79 Å². The molecule has 0 aliphatic carbocycles. The molecule has 0 bridgehead atoms. The Morgan fingerprint density at radius 3 is 2.80 bits per heavy atom. The van der Waals surface area contributed by atoms with Crippen LogP contribution in [0.3, 0.4) is 0 Å². The number of aryl methyl sites for hydroxylation is 1. The summed E-state index contributed by atoms with van der Waals surface area (Å²) in [6.45, 7) is 5.22. The second-order valence-corrected chi connectivity index (χ2v) is 6.88. The minimum Gasteiger partial charge on any atom is -0.338 e. The van der Waals surface area contributed by atoms with E-state index in [0.29, 0.717) is 19.0 Å². The van der Waals surface area contributed by atoms with Crippen molar-refractivity contribution in [2.75, 3.05) is 31.1 Å². The molecule has 134 valence electrons. The molecule has 0 N–H and O–H groups in total. The molecule has 2 heterocycles. The van der Waals surface area contributed by atoms with Gasteiger partial charge in [0, 0.05) is 44.6 Å². The summed E-state index contributed by atoms with van der Waals surface area (Å²) in [5.74, 6) is 1.90. The van der Waals surface area contributed by atoms with Gasteiger partial charge in [0.1, 0.15) is 5.82 Å². The van der Waals surface area contributed by atoms with E-state index in [9.17, 15) is 4.79 Å². The molecule has 1 atom stereocenters. The molecule has 1 amide bonds. The third-order valence-electron chi connectivity index (χ3n) is 5.04. The number of carbonyl (C=O) groups is 1. The molecular formula is C20H28N4O. The topological polar surface area (TPSA) is 41.4 Å². The second-order valence-electron chi connectivity index (χ2n) is 6.88. The second kappa shape index (κ2) is 8.30. The standard InChI is InChI=1S/C20H28N4O/c1-3-24(18-9-5-4-6-10-18)20(25)16-23-12-7-8-17(15-23)14-19-21-11-13-22(19)2/h4-6,9-11,13,17H,3,7-8,12,14-16H2,1-2H3/t17-/m0/s1. The number of amides is 1. The number of imidazole rings is 1. The molecule has 0 unspecified atom stereocenters. The Kier molecular flexibility index (Phi) is 5.87. The normalized spacial score (nSPS) is 18.2. The lowest BCUT2D eigenvalue weighted by Crippen LogP contribution is -2.44. The van der Waals surface area contributed by atoms with Crippen LogP contribution in [0.15, 0.2) is 42.7 Å². The smallest absolute Gasteiger partial charge is 0.241 e. The molecule has 5 nitrogen and oxygen atoms in total. The highest BCUT2D eigenvalue weighted by Crippen LogP contribution is 2.21. The number of aromatic nitrogens is 2. The molecule has 1 saturated heterocycles. The molecule has 1 aromatic heterocycles. The van der Waals surface area contributed by atoms with Crippen molar-refractivity contribution in [1.82, 2.24) is 14.5 Å². The molecule has 2 aromatic rings. The average molecular weight is 340 g/mol. The van der Waals surface area contributed by atoms with Gasteiger partial charge in [0.15, 0.2) is 0 Å². The Morgan fingerprint density at radius 1 is 1.32 bits per heavy atom. The first kappa shape index (κ1) is 17.7. The minimum atomic E-state index is 0.186. The number of carbonyl (C=O) groups excluding carboxylic acids is 1. The summed E-state index contributed by atoms with van der Waals surface area (Å²) in [6.07, 6.45) is 7.22. The number of benzene rings is 1. The van der Waals surface area contributed by atoms with Crippen LogP contribution in [-0.4, -0.2) is 46.5 Å². The lowest BCUT2D eigenvalue weighted by atomic mass is 9.94. The van der Waals surface area contributed by atoms with Gasteiger partial charge in [-0.25, -0.2) is 4.98 Å². The third-order valence-corrected chi connectivity index (χ3v) is 5.04. The van der Waals surface area contributed by atoms with Crippen molar-refractivity contribution in [2.24, 2.45) is 13.0 Å². The molecular weight excluding hydrogens is 312 g/mol. The summed E-state index contributed by atoms with van der Waals surface area (Å²) in [5, 5.41) is 0. The van der Waals surface area contributed by atoms with Crippen molar-refractivity contribution in [1.29, 1.82) is 0 Å². The van der Waals surface area contributed by atoms with Gasteiger partial charge in [-0.3, -0.25) is 9.69 Å². The summed E-state index contributed by atoms with van der Waals surface area (Å²) < 4.78 is 2.10. The van der Waals surface area contributed by atoms with Gasteiger partial charge in [0.05, 0.1) is 6.54 Å². The van der Waals surface area contributed by atoms with E-state index in [1.807, 2.05) is 61.6 Å². The predicted octanol–water partition coefficient (Wildman–Crippen LogP) is 2.73. The summed E-state index contributed by atoms with van der Waals surface area (Å²) in [7, 11) is 2.05. The molecule has 5 heteroatoms. The molecule has 1 aromatic carbocycles. The van der Waals surface area contributed by atoms with Crippen LogP contribution in [0.1, 0.15) is 25.6 Å². The molecule has 1 fully saturated rings. The number of nitrogens with zero attached hydrogens (tertiary/aromatic N) is 4. The summed E-state index contributed by atoms with van der Waals surface area (Å²) in [5.41, 5.74) is 0.983. The van der Waals surface area contributed by atoms with E-state index >= 15 is 0 Å². The van der Waals surface area contributed by atoms with Crippen LogP contribution in [0.2, 0.25) is 0 Å². The average Bonchev–Trinajstić information content (AvgIpc) is 3.02. The van der Waals surface area contributed by atoms with Gasteiger partial charge in [-0.2, -0.15) is 0 Å². The number of rotatable bonds is 6. The summed E-state index contributed by atoms with van der Waals surface area (Å²) in [6, 6.07) is 9.95. The Hall–Kier alpha value is -2.14. The van der Waals surface area contributed by atoms with Gasteiger partial charge in [-0.1, -0.05) is 18.2 Å². The Labute approximate surface area is 150 Å². The van der Waals surface area contributed by atoms with Crippen molar-refractivity contribution in [2.45, 2.75) is 26.2 Å². The highest BCUT2D eigenvalue weighted by molar-refractivity contribution is 5.94. The largest absolute Gasteiger partial charge is 0.338 e. The van der Waals surface area contributed by atoms with Crippen LogP contribution in [0.5, 0.6) is 0 Å². The van der Waals surface area contributed by atoms with Crippen molar-refractivity contribution in [3.63, 3.8) is 0 Å². The van der Waals surface area contributed by atoms with Crippen LogP contribution >= 0.6 is 0 Å². The zero-order valence-corrected chi connectivity index (χ0v) is 15.3. The highest BCUT2D eigenvalue weighted by Gasteiger charge is 2.24. The van der Waals surface area contributed by atoms with E-state index in [1.165, 1.54) is 6.42 Å². The fourth-order valence-corrected chi connectivity index (χ4v) is 3.70. The number of piperidine rings is 1. The van der Waals surface area contributed by atoms with Gasteiger partial charge in [0.25, 0.3) is 0 Å². The van der Waals surface area contributed by atoms with Crippen LogP contribution < -0.4 is 4.90 Å². The Bertz CT molecular complexity index is 682. The highest BCUT2D eigenvalue weighted by atomic mass is 16.2. The maximum Gasteiger partial charge on any atom is 0.241 e. The third kappa shape index (κ3) is 4.48. The minimum absolute atomic E-state index is 0.186. The van der Waals surface area contributed by atoms with Gasteiger partial charge in [-0.05, 0) is 44.4 Å². The van der Waals surface area contributed by atoms with Gasteiger partial charge < -0.3 is 9.47 Å². The first-order chi connectivity index (χ1) is 12.2. The van der Waals surface area contributed by atoms with Gasteiger partial charge in [0.2, 0.25) is 5.91 Å². The number of anilines is 1. The van der Waals surface area contributed by atoms with Crippen LogP contribution in [-0.2, 0) is 18.3 Å². The molecule has 1 aliphatic rings. The zero-order valence-electron chi connectivity index (χ0n) is 15.3. The van der Waals surface area contributed by atoms with E-state index in [0.717, 1.165) is 37.4 Å². The number of para-hydroxylation sites is 1. The summed E-state index contributed by atoms with van der Waals surface area (Å²) >= 11 is 0. The van der Waals surface area contributed by atoms with Crippen molar-refractivity contribution >= 4 is 11.6 Å². The van der Waals surface area contributed by atoms with Gasteiger partial charge in [-0.15, -0.1) is 0 Å². The van der Waals surface area contributed by atoms with Crippen LogP contribution in [0.4, 0.5) is 5.69 Å². The molecule has 1 aliphatic heterocycles. The fraction of sp³-hybridized carbons (Fsp3) is 0.500. The Morgan fingerprint density at radius 2 is 2.12 bits per heavy atom. The van der Waals surface area contributed by atoms with E-state index in [-0.39, 0.29) is 5.91 Å². The first-order valence-electron chi connectivity index (χ1n) is 9.21. The van der Waals surface area contributed by atoms with Crippen molar-refractivity contribution in [3.05, 3.63) is 48.5 Å². The zero-order chi connectivity index (χ0) is 17.6. The maximum absolute atomic E-state index is 12.8. The SMILES string of the molecule is CCN(C(=O)CN1CCC[C@@H](Cc2nccn2C)C1)c1ccccc1. The number of likely N-dealkylation sites (tertiary alicyclic amines) is 1. The van der Waals surface area contributed by atoms with E-state index in [2.05, 4.69) is 14.5 Å². The van der Waals surface area contributed by atoms with Crippen LogP contribution in [0.25, 0.3) is 0 Å². The van der Waals surface area contributed by atoms with Crippen molar-refractivity contribution in [3.8, 4) is 0 Å². The Balaban J connectivity index is 1.58. The van der Waals surface area contributed by atoms with E-state index < -0.39 is 0 Å². The summed E-state index contributed by atoms with van der Waals surface area (Å²) in [4.78, 5) is 21.4. The quantitative estimate of drug-likeness (QED) is 0.812. The van der Waals surface area contributed by atoms with Gasteiger partial charge >= 0.3 is 0 Å². The van der Waals surface area contributed by atoms with Crippen LogP contribution in [0, 0.1) is 5.92 Å². The molecule has 0 radical (unpaired) electrons. The molecule has 0 saturated carbocycles. The first-order valence-corrected chi connectivity index (χ1v) is 9.21. The maximum atomic E-state index is 12.8.